The fourth-order valence-electron chi connectivity index (χ4n) is 2.22. The largest absolute Gasteiger partial charge is 0.386 e. The molecule has 0 N–H and O–H groups in total. The molecule has 26 heavy (non-hydrogen) atoms. The van der Waals surface area contributed by atoms with Gasteiger partial charge in [-0.3, -0.25) is 0 Å². The Labute approximate surface area is 151 Å². The van der Waals surface area contributed by atoms with Gasteiger partial charge in [0, 0.05) is 0 Å². The Kier molecular flexibility index (Phi) is 6.01. The predicted molar refractivity (Wildman–Crippen MR) is 94.0 cm³/mol. The van der Waals surface area contributed by atoms with E-state index in [-0.39, 0.29) is 0 Å². The van der Waals surface area contributed by atoms with Crippen LogP contribution in [0.25, 0.3) is 0 Å². The van der Waals surface area contributed by atoms with Crippen molar-refractivity contribution in [3.05, 3.63) is 82.3 Å². The lowest BCUT2D eigenvalue weighted by Crippen LogP contribution is -2.12. The van der Waals surface area contributed by atoms with E-state index in [2.05, 4.69) is 26.1 Å². The van der Waals surface area contributed by atoms with Crippen molar-refractivity contribution in [2.24, 2.45) is 0 Å². The van der Waals surface area contributed by atoms with Crippen molar-refractivity contribution in [2.75, 3.05) is 0 Å². The Balaban J connectivity index is 1.87. The van der Waals surface area contributed by atoms with Crippen molar-refractivity contribution in [3.8, 4) is 0 Å². The van der Waals surface area contributed by atoms with Crippen molar-refractivity contribution in [2.45, 2.75) is 27.7 Å². The molecule has 0 saturated heterocycles. The first-order valence-electron chi connectivity index (χ1n) is 7.90. The standard InChI is InChI=1S/C20H20O6/c1-12-8-6-10-17(14(12)3)19(21)25-23-16(5)24-26-20(22)18-11-7-9-13(2)15(18)4/h6-11H,5H2,1-4H3. The Morgan fingerprint density at radius 3 is 1.46 bits per heavy atom. The number of hydrogen-bond donors (Lipinski definition) is 0. The highest BCUT2D eigenvalue weighted by atomic mass is 17.3. The van der Waals surface area contributed by atoms with Crippen LogP contribution in [0.4, 0.5) is 0 Å². The molecule has 0 amide bonds. The SMILES string of the molecule is C=C(OOC(=O)c1cccc(C)c1C)OOC(=O)c1cccc(C)c1C. The lowest BCUT2D eigenvalue weighted by molar-refractivity contribution is -0.317. The number of aryl methyl sites for hydroxylation is 2. The number of carbonyl (C=O) groups is 2. The number of carbonyl (C=O) groups excluding carboxylic acids is 2. The van der Waals surface area contributed by atoms with Gasteiger partial charge in [0.1, 0.15) is 0 Å². The lowest BCUT2D eigenvalue weighted by atomic mass is 10.0. The highest BCUT2D eigenvalue weighted by Gasteiger charge is 2.17. The third kappa shape index (κ3) is 4.42. The Morgan fingerprint density at radius 1 is 0.692 bits per heavy atom. The maximum atomic E-state index is 12.0. The van der Waals surface area contributed by atoms with Gasteiger partial charge >= 0.3 is 17.9 Å². The van der Waals surface area contributed by atoms with E-state index in [0.717, 1.165) is 22.3 Å². The van der Waals surface area contributed by atoms with Crippen LogP contribution in [0.15, 0.2) is 48.9 Å². The van der Waals surface area contributed by atoms with E-state index in [9.17, 15) is 9.59 Å². The van der Waals surface area contributed by atoms with Crippen molar-refractivity contribution >= 4 is 11.9 Å². The lowest BCUT2D eigenvalue weighted by Gasteiger charge is -2.10. The molecular formula is C20H20O6. The smallest absolute Gasteiger partial charge is 0.243 e. The molecule has 0 fully saturated rings. The Bertz CT molecular complexity index is 784. The van der Waals surface area contributed by atoms with E-state index in [1.54, 1.807) is 38.1 Å². The zero-order valence-electron chi connectivity index (χ0n) is 15.1. The maximum absolute atomic E-state index is 12.0. The zero-order valence-corrected chi connectivity index (χ0v) is 15.1. The van der Waals surface area contributed by atoms with E-state index < -0.39 is 17.9 Å². The molecule has 0 aliphatic carbocycles. The summed E-state index contributed by atoms with van der Waals surface area (Å²) in [5, 5.41) is 0. The summed E-state index contributed by atoms with van der Waals surface area (Å²) in [5.74, 6) is -1.91. The summed E-state index contributed by atoms with van der Waals surface area (Å²) in [4.78, 5) is 42.6. The summed E-state index contributed by atoms with van der Waals surface area (Å²) in [5.41, 5.74) is 4.13. The van der Waals surface area contributed by atoms with E-state index >= 15 is 0 Å². The van der Waals surface area contributed by atoms with Gasteiger partial charge in [-0.15, -0.1) is 0 Å². The quantitative estimate of drug-likeness (QED) is 0.437. The summed E-state index contributed by atoms with van der Waals surface area (Å²) in [6.07, 6.45) is 0. The fourth-order valence-corrected chi connectivity index (χ4v) is 2.22. The molecule has 2 aromatic carbocycles. The van der Waals surface area contributed by atoms with Crippen LogP contribution >= 0.6 is 0 Å². The molecule has 0 radical (unpaired) electrons. The number of rotatable bonds is 6. The maximum Gasteiger partial charge on any atom is 0.386 e. The van der Waals surface area contributed by atoms with Gasteiger partial charge in [-0.2, -0.15) is 0 Å². The summed E-state index contributed by atoms with van der Waals surface area (Å²) >= 11 is 0. The predicted octanol–water partition coefficient (Wildman–Crippen LogP) is 4.27. The van der Waals surface area contributed by atoms with Crippen LogP contribution in [0.1, 0.15) is 43.0 Å². The molecule has 0 unspecified atom stereocenters. The number of benzene rings is 2. The second-order valence-electron chi connectivity index (χ2n) is 5.78. The molecule has 6 heteroatoms. The second-order valence-corrected chi connectivity index (χ2v) is 5.78. The molecule has 136 valence electrons. The van der Waals surface area contributed by atoms with Crippen LogP contribution < -0.4 is 0 Å². The van der Waals surface area contributed by atoms with Gasteiger partial charge in [-0.25, -0.2) is 29.1 Å². The molecule has 6 nitrogen and oxygen atoms in total. The van der Waals surface area contributed by atoms with E-state index in [1.807, 2.05) is 26.0 Å². The highest BCUT2D eigenvalue weighted by Crippen LogP contribution is 2.16. The first-order chi connectivity index (χ1) is 12.3. The van der Waals surface area contributed by atoms with Crippen LogP contribution in [0.5, 0.6) is 0 Å². The van der Waals surface area contributed by atoms with Crippen LogP contribution in [0.2, 0.25) is 0 Å². The molecule has 0 aliphatic rings. The number of hydrogen-bond acceptors (Lipinski definition) is 6. The first kappa shape index (κ1) is 19.1. The second kappa shape index (κ2) is 8.20. The molecule has 0 aromatic heterocycles. The topological polar surface area (TPSA) is 71.1 Å². The molecule has 0 heterocycles. The van der Waals surface area contributed by atoms with E-state index in [4.69, 9.17) is 0 Å². The van der Waals surface area contributed by atoms with Crippen molar-refractivity contribution < 1.29 is 29.1 Å². The zero-order chi connectivity index (χ0) is 19.3. The first-order valence-corrected chi connectivity index (χ1v) is 7.90. The Hall–Kier alpha value is -3.28. The summed E-state index contributed by atoms with van der Waals surface area (Å²) < 4.78 is 0. The molecule has 2 rings (SSSR count). The normalized spacial score (nSPS) is 10.0. The van der Waals surface area contributed by atoms with Crippen LogP contribution in [0, 0.1) is 27.7 Å². The molecule has 0 aliphatic heterocycles. The van der Waals surface area contributed by atoms with Gasteiger partial charge in [0.2, 0.25) is 0 Å². The molecule has 0 spiro atoms. The summed E-state index contributed by atoms with van der Waals surface area (Å²) in [6.45, 7) is 10.7. The minimum absolute atomic E-state index is 0.352. The van der Waals surface area contributed by atoms with Crippen LogP contribution in [-0.4, -0.2) is 11.9 Å². The van der Waals surface area contributed by atoms with Crippen molar-refractivity contribution in [1.82, 2.24) is 0 Å². The average molecular weight is 356 g/mol. The summed E-state index contributed by atoms with van der Waals surface area (Å²) in [7, 11) is 0. The highest BCUT2D eigenvalue weighted by molar-refractivity contribution is 5.91. The molecule has 0 saturated carbocycles. The third-order valence-corrected chi connectivity index (χ3v) is 4.07. The van der Waals surface area contributed by atoms with E-state index in [1.165, 1.54) is 0 Å². The molecule has 2 aromatic rings. The van der Waals surface area contributed by atoms with Crippen molar-refractivity contribution in [3.63, 3.8) is 0 Å². The Morgan fingerprint density at radius 2 is 1.08 bits per heavy atom. The molecule has 0 atom stereocenters. The van der Waals surface area contributed by atoms with Crippen molar-refractivity contribution in [1.29, 1.82) is 0 Å². The monoisotopic (exact) mass is 356 g/mol. The van der Waals surface area contributed by atoms with Gasteiger partial charge < -0.3 is 0 Å². The third-order valence-electron chi connectivity index (χ3n) is 4.07. The summed E-state index contributed by atoms with van der Waals surface area (Å²) in [6, 6.07) is 10.4. The van der Waals surface area contributed by atoms with Gasteiger partial charge in [0.25, 0.3) is 0 Å². The van der Waals surface area contributed by atoms with Gasteiger partial charge in [0.15, 0.2) is 0 Å². The van der Waals surface area contributed by atoms with Gasteiger partial charge in [0.05, 0.1) is 11.1 Å². The van der Waals surface area contributed by atoms with Crippen LogP contribution in [-0.2, 0) is 19.6 Å². The van der Waals surface area contributed by atoms with Gasteiger partial charge in [-0.05, 0) is 68.7 Å². The van der Waals surface area contributed by atoms with Crippen LogP contribution in [0.3, 0.4) is 0 Å². The van der Waals surface area contributed by atoms with Gasteiger partial charge in [-0.1, -0.05) is 24.3 Å². The molecular weight excluding hydrogens is 336 g/mol. The van der Waals surface area contributed by atoms with E-state index in [0.29, 0.717) is 11.1 Å². The molecule has 0 bridgehead atoms. The fraction of sp³-hybridized carbons (Fsp3) is 0.200. The minimum atomic E-state index is -0.711. The minimum Gasteiger partial charge on any atom is -0.243 e. The average Bonchev–Trinajstić information content (AvgIpc) is 2.62.